The van der Waals surface area contributed by atoms with Crippen LogP contribution in [0.2, 0.25) is 0 Å². The molecule has 41 heavy (non-hydrogen) atoms. The van der Waals surface area contributed by atoms with E-state index in [4.69, 9.17) is 25.2 Å². The Morgan fingerprint density at radius 2 is 1.73 bits per heavy atom. The van der Waals surface area contributed by atoms with Gasteiger partial charge in [-0.25, -0.2) is 19.7 Å². The summed E-state index contributed by atoms with van der Waals surface area (Å²) in [5.74, 6) is 1.57. The minimum atomic E-state index is -1.12. The number of rotatable bonds is 5. The average Bonchev–Trinajstić information content (AvgIpc) is 3.52. The van der Waals surface area contributed by atoms with E-state index in [-0.39, 0.29) is 17.4 Å². The molecular formula is C28H41N9O4. The van der Waals surface area contributed by atoms with Gasteiger partial charge in [-0.2, -0.15) is 4.98 Å². The Labute approximate surface area is 240 Å². The quantitative estimate of drug-likeness (QED) is 0.546. The van der Waals surface area contributed by atoms with Gasteiger partial charge in [0.05, 0.1) is 24.4 Å². The molecule has 13 nitrogen and oxygen atoms in total. The second-order valence-electron chi connectivity index (χ2n) is 12.7. The lowest BCUT2D eigenvalue weighted by atomic mass is 9.99. The van der Waals surface area contributed by atoms with E-state index in [2.05, 4.69) is 32.0 Å². The second kappa shape index (κ2) is 10.6. The molecule has 13 heteroatoms. The molecule has 2 amide bonds. The van der Waals surface area contributed by atoms with Crippen LogP contribution in [-0.2, 0) is 20.7 Å². The predicted molar refractivity (Wildman–Crippen MR) is 155 cm³/mol. The van der Waals surface area contributed by atoms with Gasteiger partial charge in [0.15, 0.2) is 0 Å². The third-order valence-electron chi connectivity index (χ3n) is 7.79. The van der Waals surface area contributed by atoms with E-state index in [1.54, 1.807) is 47.0 Å². The molecule has 222 valence electrons. The molecule has 3 aliphatic heterocycles. The van der Waals surface area contributed by atoms with Gasteiger partial charge in [0.25, 0.3) is 0 Å². The second-order valence-corrected chi connectivity index (χ2v) is 12.7. The fourth-order valence-corrected chi connectivity index (χ4v) is 5.72. The molecule has 2 aromatic heterocycles. The number of ether oxygens (including phenoxy) is 2. The maximum atomic E-state index is 13.6. The maximum Gasteiger partial charge on any atom is 0.408 e. The summed E-state index contributed by atoms with van der Waals surface area (Å²) in [7, 11) is 0. The minimum absolute atomic E-state index is 0.150. The summed E-state index contributed by atoms with van der Waals surface area (Å²) >= 11 is 0. The minimum Gasteiger partial charge on any atom is -0.444 e. The number of amides is 2. The van der Waals surface area contributed by atoms with Crippen molar-refractivity contribution in [3.05, 3.63) is 18.0 Å². The number of nitrogens with two attached hydrogens (primary N) is 1. The molecule has 3 aliphatic rings. The molecule has 5 rings (SSSR count). The third kappa shape index (κ3) is 5.99. The molecule has 5 heterocycles. The Bertz CT molecular complexity index is 1300. The van der Waals surface area contributed by atoms with Crippen LogP contribution in [-0.4, -0.2) is 99.5 Å². The number of nitrogens with zero attached hydrogens (tertiary/aromatic N) is 7. The summed E-state index contributed by atoms with van der Waals surface area (Å²) < 4.78 is 10.9. The molecule has 2 aromatic rings. The van der Waals surface area contributed by atoms with Gasteiger partial charge in [-0.1, -0.05) is 0 Å². The standard InChI is InChI=1S/C28H41N9O4/c1-26(2,3)41-25(39)34-27(4,5)22(38)36-10-8-28(6,17-36)37-9-7-19-20(18-15-30-23(29)31-16-18)32-24(33-21(19)37)35-11-13-40-14-12-35/h15-16H,7-14,17H2,1-6H3,(H,34,39)(H2,29,30,31)/t28-/m0/s1. The van der Waals surface area contributed by atoms with Crippen molar-refractivity contribution in [2.45, 2.75) is 71.1 Å². The number of alkyl carbamates (subject to hydrolysis) is 1. The van der Waals surface area contributed by atoms with Crippen molar-refractivity contribution < 1.29 is 19.1 Å². The van der Waals surface area contributed by atoms with Gasteiger partial charge in [-0.15, -0.1) is 0 Å². The van der Waals surface area contributed by atoms with Crippen molar-refractivity contribution in [2.24, 2.45) is 0 Å². The summed E-state index contributed by atoms with van der Waals surface area (Å²) in [4.78, 5) is 50.8. The average molecular weight is 568 g/mol. The van der Waals surface area contributed by atoms with Crippen LogP contribution in [0.1, 0.15) is 53.5 Å². The molecule has 0 aromatic carbocycles. The number of aromatic nitrogens is 4. The first kappa shape index (κ1) is 28.8. The van der Waals surface area contributed by atoms with Crippen LogP contribution in [0.5, 0.6) is 0 Å². The van der Waals surface area contributed by atoms with Gasteiger partial charge in [0.1, 0.15) is 17.0 Å². The van der Waals surface area contributed by atoms with Crippen molar-refractivity contribution >= 4 is 29.7 Å². The third-order valence-corrected chi connectivity index (χ3v) is 7.79. The van der Waals surface area contributed by atoms with Crippen molar-refractivity contribution in [3.63, 3.8) is 0 Å². The molecule has 0 radical (unpaired) electrons. The summed E-state index contributed by atoms with van der Waals surface area (Å²) in [5.41, 5.74) is 6.26. The van der Waals surface area contributed by atoms with Gasteiger partial charge in [0, 0.05) is 56.2 Å². The smallest absolute Gasteiger partial charge is 0.408 e. The van der Waals surface area contributed by atoms with E-state index in [1.807, 2.05) is 4.90 Å². The molecule has 0 spiro atoms. The van der Waals surface area contributed by atoms with Gasteiger partial charge < -0.3 is 35.2 Å². The van der Waals surface area contributed by atoms with Crippen LogP contribution in [0.15, 0.2) is 12.4 Å². The fourth-order valence-electron chi connectivity index (χ4n) is 5.72. The van der Waals surface area contributed by atoms with E-state index in [0.717, 1.165) is 42.0 Å². The molecule has 1 atom stereocenters. The molecule has 3 N–H and O–H groups in total. The van der Waals surface area contributed by atoms with Crippen LogP contribution in [0.3, 0.4) is 0 Å². The Hall–Kier alpha value is -3.74. The van der Waals surface area contributed by atoms with Gasteiger partial charge >= 0.3 is 6.09 Å². The largest absolute Gasteiger partial charge is 0.444 e. The molecular weight excluding hydrogens is 526 g/mol. The number of hydrogen-bond donors (Lipinski definition) is 2. The zero-order valence-electron chi connectivity index (χ0n) is 24.9. The highest BCUT2D eigenvalue weighted by molar-refractivity contribution is 5.89. The Balaban J connectivity index is 1.41. The fraction of sp³-hybridized carbons (Fsp3) is 0.643. The van der Waals surface area contributed by atoms with Crippen molar-refractivity contribution in [3.8, 4) is 11.3 Å². The molecule has 0 bridgehead atoms. The van der Waals surface area contributed by atoms with E-state index < -0.39 is 17.2 Å². The van der Waals surface area contributed by atoms with Crippen molar-refractivity contribution in [1.29, 1.82) is 0 Å². The molecule has 2 fully saturated rings. The number of carbonyl (C=O) groups excluding carboxylic acids is 2. The molecule has 0 saturated carbocycles. The number of anilines is 3. The lowest BCUT2D eigenvalue weighted by Crippen LogP contribution is -2.57. The number of fused-ring (bicyclic) bond motifs is 1. The Morgan fingerprint density at radius 1 is 1.05 bits per heavy atom. The maximum absolute atomic E-state index is 13.6. The number of nitrogens with one attached hydrogen (secondary N) is 1. The Morgan fingerprint density at radius 3 is 2.39 bits per heavy atom. The monoisotopic (exact) mass is 567 g/mol. The lowest BCUT2D eigenvalue weighted by Gasteiger charge is -2.38. The van der Waals surface area contributed by atoms with Crippen LogP contribution < -0.4 is 20.9 Å². The zero-order chi connectivity index (χ0) is 29.6. The summed E-state index contributed by atoms with van der Waals surface area (Å²) in [6, 6.07) is 0. The van der Waals surface area contributed by atoms with E-state index in [0.29, 0.717) is 45.3 Å². The normalized spacial score (nSPS) is 21.2. The summed E-state index contributed by atoms with van der Waals surface area (Å²) in [6.07, 6.45) is 4.31. The van der Waals surface area contributed by atoms with Crippen molar-refractivity contribution in [2.75, 3.05) is 61.5 Å². The van der Waals surface area contributed by atoms with Crippen LogP contribution in [0, 0.1) is 0 Å². The van der Waals surface area contributed by atoms with Crippen molar-refractivity contribution in [1.82, 2.24) is 30.2 Å². The van der Waals surface area contributed by atoms with E-state index in [1.165, 1.54) is 0 Å². The molecule has 2 saturated heterocycles. The first-order chi connectivity index (χ1) is 19.3. The highest BCUT2D eigenvalue weighted by Gasteiger charge is 2.47. The molecule has 0 aliphatic carbocycles. The summed E-state index contributed by atoms with van der Waals surface area (Å²) in [5, 5.41) is 2.75. The highest BCUT2D eigenvalue weighted by Crippen LogP contribution is 2.41. The van der Waals surface area contributed by atoms with Gasteiger partial charge in [-0.05, 0) is 54.4 Å². The highest BCUT2D eigenvalue weighted by atomic mass is 16.6. The number of hydrogen-bond acceptors (Lipinski definition) is 11. The topological polar surface area (TPSA) is 152 Å². The molecule has 0 unspecified atom stereocenters. The number of likely N-dealkylation sites (tertiary alicyclic amines) is 1. The Kier molecular flexibility index (Phi) is 7.43. The van der Waals surface area contributed by atoms with Gasteiger partial charge in [-0.3, -0.25) is 4.79 Å². The predicted octanol–water partition coefficient (Wildman–Crippen LogP) is 2.01. The summed E-state index contributed by atoms with van der Waals surface area (Å²) in [6.45, 7) is 15.4. The van der Waals surface area contributed by atoms with Crippen LogP contribution >= 0.6 is 0 Å². The van der Waals surface area contributed by atoms with Crippen LogP contribution in [0.25, 0.3) is 11.3 Å². The first-order valence-corrected chi connectivity index (χ1v) is 14.2. The van der Waals surface area contributed by atoms with E-state index in [9.17, 15) is 9.59 Å². The van der Waals surface area contributed by atoms with Gasteiger partial charge in [0.2, 0.25) is 17.8 Å². The number of morpholine rings is 1. The lowest BCUT2D eigenvalue weighted by molar-refractivity contribution is -0.136. The first-order valence-electron chi connectivity index (χ1n) is 14.2. The van der Waals surface area contributed by atoms with Crippen LogP contribution in [0.4, 0.5) is 22.5 Å². The number of nitrogen functional groups attached to an aromatic ring is 1. The zero-order valence-corrected chi connectivity index (χ0v) is 24.9. The SMILES string of the molecule is CC(C)(C)OC(=O)NC(C)(C)C(=O)N1CC[C@](C)(N2CCc3c(-c4cnc(N)nc4)nc(N4CCOCC4)nc32)C1. The van der Waals surface area contributed by atoms with E-state index >= 15 is 0 Å². The number of carbonyl (C=O) groups is 2.